The fourth-order valence-corrected chi connectivity index (χ4v) is 4.69. The van der Waals surface area contributed by atoms with Gasteiger partial charge in [0.15, 0.2) is 11.6 Å². The molecule has 0 aliphatic heterocycles. The summed E-state index contributed by atoms with van der Waals surface area (Å²) in [5, 5.41) is 0. The Labute approximate surface area is 176 Å². The summed E-state index contributed by atoms with van der Waals surface area (Å²) in [6.07, 6.45) is 9.45. The van der Waals surface area contributed by atoms with Crippen LogP contribution in [0, 0.1) is 35.4 Å². The molecule has 1 aromatic carbocycles. The predicted octanol–water partition coefficient (Wildman–Crippen LogP) is 7.77. The minimum atomic E-state index is -4.89. The van der Waals surface area contributed by atoms with Crippen LogP contribution in [0.25, 0.3) is 0 Å². The van der Waals surface area contributed by atoms with Crippen LogP contribution in [0.5, 0.6) is 5.75 Å². The van der Waals surface area contributed by atoms with Gasteiger partial charge in [-0.15, -0.1) is 13.2 Å². The van der Waals surface area contributed by atoms with E-state index < -0.39 is 17.9 Å². The van der Waals surface area contributed by atoms with E-state index >= 15 is 0 Å². The molecule has 0 unspecified atom stereocenters. The van der Waals surface area contributed by atoms with E-state index in [-0.39, 0.29) is 5.92 Å². The van der Waals surface area contributed by atoms with E-state index in [2.05, 4.69) is 29.6 Å². The van der Waals surface area contributed by atoms with Crippen LogP contribution in [0.2, 0.25) is 0 Å². The molecule has 3 rings (SSSR count). The van der Waals surface area contributed by atoms with E-state index in [1.165, 1.54) is 44.2 Å². The zero-order chi connectivity index (χ0) is 21.6. The van der Waals surface area contributed by atoms with Crippen molar-refractivity contribution in [1.29, 1.82) is 0 Å². The van der Waals surface area contributed by atoms with Gasteiger partial charge in [0.25, 0.3) is 0 Å². The molecule has 5 heteroatoms. The quantitative estimate of drug-likeness (QED) is 0.356. The van der Waals surface area contributed by atoms with Crippen molar-refractivity contribution < 1.29 is 22.3 Å². The molecule has 2 aliphatic rings. The molecule has 164 valence electrons. The van der Waals surface area contributed by atoms with Crippen molar-refractivity contribution in [3.63, 3.8) is 0 Å². The van der Waals surface area contributed by atoms with Crippen molar-refractivity contribution in [2.24, 2.45) is 17.8 Å². The van der Waals surface area contributed by atoms with Gasteiger partial charge < -0.3 is 4.74 Å². The third-order valence-electron chi connectivity index (χ3n) is 6.59. The number of rotatable bonds is 4. The zero-order valence-corrected chi connectivity index (χ0v) is 17.5. The molecule has 0 saturated heterocycles. The lowest BCUT2D eigenvalue weighted by Crippen LogP contribution is -2.18. The number of allylic oxidation sites excluding steroid dienone is 2. The van der Waals surface area contributed by atoms with Crippen molar-refractivity contribution in [1.82, 2.24) is 0 Å². The molecule has 0 N–H and O–H groups in total. The molecule has 0 spiro atoms. The summed E-state index contributed by atoms with van der Waals surface area (Å²) < 4.78 is 54.5. The summed E-state index contributed by atoms with van der Waals surface area (Å²) >= 11 is 0. The number of alkyl halides is 3. The van der Waals surface area contributed by atoms with E-state index in [9.17, 15) is 17.6 Å². The topological polar surface area (TPSA) is 9.23 Å². The van der Waals surface area contributed by atoms with E-state index in [4.69, 9.17) is 0 Å². The van der Waals surface area contributed by atoms with Gasteiger partial charge in [-0.1, -0.05) is 37.3 Å². The molecule has 2 saturated carbocycles. The zero-order valence-electron chi connectivity index (χ0n) is 17.5. The maximum atomic E-state index is 14.0. The van der Waals surface area contributed by atoms with E-state index in [1.54, 1.807) is 0 Å². The molecule has 0 radical (unpaired) electrons. The molecule has 0 amide bonds. The Morgan fingerprint density at radius 3 is 2.33 bits per heavy atom. The molecule has 30 heavy (non-hydrogen) atoms. The Morgan fingerprint density at radius 2 is 1.73 bits per heavy atom. The van der Waals surface area contributed by atoms with E-state index in [0.717, 1.165) is 43.2 Å². The van der Waals surface area contributed by atoms with E-state index in [1.807, 2.05) is 6.08 Å². The lowest BCUT2D eigenvalue weighted by atomic mass is 9.79. The number of benzene rings is 1. The molecule has 1 aromatic rings. The van der Waals surface area contributed by atoms with Gasteiger partial charge in [0.05, 0.1) is 0 Å². The molecule has 2 fully saturated rings. The van der Waals surface area contributed by atoms with Crippen molar-refractivity contribution in [2.45, 2.75) is 77.0 Å². The Hall–Kier alpha value is -1.96. The van der Waals surface area contributed by atoms with Crippen LogP contribution in [0.4, 0.5) is 17.6 Å². The average molecular weight is 423 g/mol. The summed E-state index contributed by atoms with van der Waals surface area (Å²) in [4.78, 5) is 0. The van der Waals surface area contributed by atoms with Gasteiger partial charge in [0.2, 0.25) is 0 Å². The van der Waals surface area contributed by atoms with Gasteiger partial charge in [-0.25, -0.2) is 4.39 Å². The standard InChI is InChI=1S/C25H30F4O/c1-2-18-7-9-19(10-8-18)5-3-4-6-20-11-13-21(14-12-20)22-15-16-24(23(26)17-22)30-25(27,28)29/h3,5,15-21H,2,7-14H2,1H3. The Balaban J connectivity index is 1.46. The second-order valence-corrected chi connectivity index (χ2v) is 8.62. The summed E-state index contributed by atoms with van der Waals surface area (Å²) in [6.45, 7) is 2.27. The van der Waals surface area contributed by atoms with Crippen LogP contribution in [0.3, 0.4) is 0 Å². The monoisotopic (exact) mass is 422 g/mol. The smallest absolute Gasteiger partial charge is 0.403 e. The van der Waals surface area contributed by atoms with Crippen LogP contribution in [0.15, 0.2) is 30.4 Å². The highest BCUT2D eigenvalue weighted by Crippen LogP contribution is 2.37. The lowest BCUT2D eigenvalue weighted by molar-refractivity contribution is -0.275. The fraction of sp³-hybridized carbons (Fsp3) is 0.600. The summed E-state index contributed by atoms with van der Waals surface area (Å²) in [7, 11) is 0. The molecular weight excluding hydrogens is 392 g/mol. The third-order valence-corrected chi connectivity index (χ3v) is 6.59. The Kier molecular flexibility index (Phi) is 7.86. The fourth-order valence-electron chi connectivity index (χ4n) is 4.69. The highest BCUT2D eigenvalue weighted by molar-refractivity contribution is 5.32. The van der Waals surface area contributed by atoms with Crippen molar-refractivity contribution in [3.8, 4) is 17.6 Å². The molecule has 2 aliphatic carbocycles. The third kappa shape index (κ3) is 6.79. The summed E-state index contributed by atoms with van der Waals surface area (Å²) in [6, 6.07) is 3.79. The van der Waals surface area contributed by atoms with Crippen LogP contribution >= 0.6 is 0 Å². The van der Waals surface area contributed by atoms with Gasteiger partial charge in [-0.3, -0.25) is 0 Å². The number of hydrogen-bond acceptors (Lipinski definition) is 1. The normalized spacial score (nSPS) is 27.5. The van der Waals surface area contributed by atoms with Crippen molar-refractivity contribution in [3.05, 3.63) is 41.7 Å². The Morgan fingerprint density at radius 1 is 1.03 bits per heavy atom. The van der Waals surface area contributed by atoms with Gasteiger partial charge in [0, 0.05) is 5.92 Å². The lowest BCUT2D eigenvalue weighted by Gasteiger charge is -2.26. The van der Waals surface area contributed by atoms with E-state index in [0.29, 0.717) is 11.8 Å². The second kappa shape index (κ2) is 10.4. The second-order valence-electron chi connectivity index (χ2n) is 8.62. The van der Waals surface area contributed by atoms with Crippen LogP contribution in [0.1, 0.15) is 76.2 Å². The Bertz CT molecular complexity index is 771. The van der Waals surface area contributed by atoms with Crippen LogP contribution in [-0.2, 0) is 0 Å². The molecular formula is C25H30F4O. The largest absolute Gasteiger partial charge is 0.573 e. The van der Waals surface area contributed by atoms with Gasteiger partial charge in [0.1, 0.15) is 0 Å². The molecule has 0 bridgehead atoms. The minimum Gasteiger partial charge on any atom is -0.403 e. The summed E-state index contributed by atoms with van der Waals surface area (Å²) in [5.41, 5.74) is 0.732. The SMILES string of the molecule is CCC1CCC(C=CC#CC2CCC(c3ccc(OC(F)(F)F)c(F)c3)CC2)CC1. The van der Waals surface area contributed by atoms with Crippen LogP contribution < -0.4 is 4.74 Å². The highest BCUT2D eigenvalue weighted by Gasteiger charge is 2.32. The first kappa shape index (κ1) is 22.7. The first-order chi connectivity index (χ1) is 14.3. The summed E-state index contributed by atoms with van der Waals surface area (Å²) in [5.74, 6) is 6.86. The molecule has 0 aromatic heterocycles. The van der Waals surface area contributed by atoms with Gasteiger partial charge in [-0.2, -0.15) is 0 Å². The highest BCUT2D eigenvalue weighted by atomic mass is 19.4. The van der Waals surface area contributed by atoms with Gasteiger partial charge in [-0.05, 0) is 92.9 Å². The van der Waals surface area contributed by atoms with Crippen LogP contribution in [-0.4, -0.2) is 6.36 Å². The predicted molar refractivity (Wildman–Crippen MR) is 110 cm³/mol. The minimum absolute atomic E-state index is 0.154. The maximum absolute atomic E-state index is 14.0. The first-order valence-electron chi connectivity index (χ1n) is 11.1. The van der Waals surface area contributed by atoms with Gasteiger partial charge >= 0.3 is 6.36 Å². The maximum Gasteiger partial charge on any atom is 0.573 e. The number of ether oxygens (including phenoxy) is 1. The van der Waals surface area contributed by atoms with Crippen molar-refractivity contribution >= 4 is 0 Å². The molecule has 0 atom stereocenters. The molecule has 0 heterocycles. The number of halogens is 4. The van der Waals surface area contributed by atoms with Crippen molar-refractivity contribution in [2.75, 3.05) is 0 Å². The average Bonchev–Trinajstić information content (AvgIpc) is 2.73. The number of hydrogen-bond donors (Lipinski definition) is 0. The molecule has 1 nitrogen and oxygen atoms in total. The first-order valence-corrected chi connectivity index (χ1v) is 11.1.